The summed E-state index contributed by atoms with van der Waals surface area (Å²) in [6, 6.07) is 4.95. The zero-order valence-corrected chi connectivity index (χ0v) is 12.5. The number of nitrogens with one attached hydrogen (secondary N) is 1. The lowest BCUT2D eigenvalue weighted by Gasteiger charge is -2.29. The Morgan fingerprint density at radius 3 is 2.84 bits per heavy atom. The van der Waals surface area contributed by atoms with Gasteiger partial charge in [0.15, 0.2) is 0 Å². The molecule has 1 aromatic heterocycles. The van der Waals surface area contributed by atoms with Crippen molar-refractivity contribution in [3.63, 3.8) is 0 Å². The number of likely N-dealkylation sites (tertiary alicyclic amines) is 1. The van der Waals surface area contributed by atoms with Crippen LogP contribution in [-0.2, 0) is 10.2 Å². The Labute approximate surface area is 119 Å². The third-order valence-electron chi connectivity index (χ3n) is 4.09. The molecule has 19 heavy (non-hydrogen) atoms. The summed E-state index contributed by atoms with van der Waals surface area (Å²) in [6.45, 7) is 6.19. The molecule has 1 aliphatic heterocycles. The van der Waals surface area contributed by atoms with Crippen LogP contribution in [0.15, 0.2) is 17.5 Å². The first-order chi connectivity index (χ1) is 9.06. The van der Waals surface area contributed by atoms with Gasteiger partial charge in [-0.25, -0.2) is 0 Å². The van der Waals surface area contributed by atoms with Gasteiger partial charge in [0.25, 0.3) is 0 Å². The Morgan fingerprint density at radius 1 is 1.42 bits per heavy atom. The van der Waals surface area contributed by atoms with E-state index in [1.54, 1.807) is 11.3 Å². The fourth-order valence-electron chi connectivity index (χ4n) is 2.80. The summed E-state index contributed by atoms with van der Waals surface area (Å²) in [5.74, 6) is 0.302. The van der Waals surface area contributed by atoms with E-state index in [1.165, 1.54) is 17.7 Å². The lowest BCUT2D eigenvalue weighted by Crippen LogP contribution is -2.43. The minimum Gasteiger partial charge on any atom is -0.340 e. The van der Waals surface area contributed by atoms with E-state index < -0.39 is 0 Å². The molecule has 0 bridgehead atoms. The molecule has 1 saturated heterocycles. The minimum absolute atomic E-state index is 0.0539. The summed E-state index contributed by atoms with van der Waals surface area (Å²) < 4.78 is 0. The Bertz CT molecular complexity index is 451. The Balaban J connectivity index is 1.62. The third-order valence-corrected chi connectivity index (χ3v) is 5.32. The topological polar surface area (TPSA) is 32.3 Å². The van der Waals surface area contributed by atoms with Crippen molar-refractivity contribution >= 4 is 17.2 Å². The van der Waals surface area contributed by atoms with Crippen molar-refractivity contribution < 1.29 is 4.79 Å². The van der Waals surface area contributed by atoms with E-state index in [0.717, 1.165) is 19.5 Å². The first kappa shape index (κ1) is 13.1. The maximum Gasteiger partial charge on any atom is 0.239 e. The molecular formula is C15H22N2OS. The second kappa shape index (κ2) is 4.91. The third kappa shape index (κ3) is 2.84. The van der Waals surface area contributed by atoms with Crippen molar-refractivity contribution in [3.8, 4) is 0 Å². The highest BCUT2D eigenvalue weighted by Crippen LogP contribution is 2.30. The minimum atomic E-state index is 0.0539. The second-order valence-corrected chi connectivity index (χ2v) is 7.35. The summed E-state index contributed by atoms with van der Waals surface area (Å²) >= 11 is 1.78. The summed E-state index contributed by atoms with van der Waals surface area (Å²) in [7, 11) is 0. The molecule has 1 saturated carbocycles. The fraction of sp³-hybridized carbons (Fsp3) is 0.667. The second-order valence-electron chi connectivity index (χ2n) is 6.40. The number of carbonyl (C=O) groups is 1. The van der Waals surface area contributed by atoms with Crippen LogP contribution in [0.3, 0.4) is 0 Å². The van der Waals surface area contributed by atoms with Gasteiger partial charge >= 0.3 is 0 Å². The number of rotatable bonds is 5. The molecule has 104 valence electrons. The number of hydrogen-bond acceptors (Lipinski definition) is 3. The molecule has 2 heterocycles. The van der Waals surface area contributed by atoms with Gasteiger partial charge in [-0.15, -0.1) is 11.3 Å². The molecule has 3 nitrogen and oxygen atoms in total. The smallest absolute Gasteiger partial charge is 0.239 e. The van der Waals surface area contributed by atoms with Crippen LogP contribution in [0.4, 0.5) is 0 Å². The summed E-state index contributed by atoms with van der Waals surface area (Å²) in [5.41, 5.74) is 0.0539. The van der Waals surface area contributed by atoms with Gasteiger partial charge in [0.2, 0.25) is 5.91 Å². The summed E-state index contributed by atoms with van der Waals surface area (Å²) in [6.07, 6.45) is 3.45. The molecule has 2 aliphatic rings. The lowest BCUT2D eigenvalue weighted by atomic mass is 9.91. The SMILES string of the molecule is CC(C)(CN1CCC(NC2CC2)C1=O)c1cccs1. The predicted molar refractivity (Wildman–Crippen MR) is 78.5 cm³/mol. The van der Waals surface area contributed by atoms with E-state index in [2.05, 4.69) is 36.7 Å². The highest BCUT2D eigenvalue weighted by molar-refractivity contribution is 7.10. The molecule has 0 aromatic carbocycles. The van der Waals surface area contributed by atoms with E-state index in [-0.39, 0.29) is 11.5 Å². The number of amides is 1. The molecule has 1 atom stereocenters. The van der Waals surface area contributed by atoms with Gasteiger partial charge in [0.05, 0.1) is 6.04 Å². The van der Waals surface area contributed by atoms with Gasteiger partial charge in [-0.2, -0.15) is 0 Å². The average molecular weight is 278 g/mol. The molecule has 0 radical (unpaired) electrons. The Kier molecular flexibility index (Phi) is 3.39. The number of carbonyl (C=O) groups excluding carboxylic acids is 1. The van der Waals surface area contributed by atoms with E-state index in [4.69, 9.17) is 0 Å². The zero-order valence-electron chi connectivity index (χ0n) is 11.7. The quantitative estimate of drug-likeness (QED) is 0.897. The van der Waals surface area contributed by atoms with Crippen molar-refractivity contribution in [2.24, 2.45) is 0 Å². The standard InChI is InChI=1S/C15H22N2OS/c1-15(2,13-4-3-9-19-13)10-17-8-7-12(14(17)18)16-11-5-6-11/h3-4,9,11-12,16H,5-8,10H2,1-2H3. The molecule has 2 fully saturated rings. The summed E-state index contributed by atoms with van der Waals surface area (Å²) in [5, 5.41) is 5.58. The molecule has 0 spiro atoms. The van der Waals surface area contributed by atoms with Gasteiger partial charge in [-0.05, 0) is 30.7 Å². The first-order valence-electron chi connectivity index (χ1n) is 7.15. The fourth-order valence-corrected chi connectivity index (χ4v) is 3.65. The Hall–Kier alpha value is -0.870. The molecule has 1 amide bonds. The van der Waals surface area contributed by atoms with Crippen molar-refractivity contribution in [2.75, 3.05) is 13.1 Å². The molecule has 1 N–H and O–H groups in total. The normalized spacial score (nSPS) is 24.2. The van der Waals surface area contributed by atoms with Gasteiger partial charge in [0, 0.05) is 29.4 Å². The largest absolute Gasteiger partial charge is 0.340 e. The van der Waals surface area contributed by atoms with Crippen LogP contribution in [-0.4, -0.2) is 36.0 Å². The molecule has 3 rings (SSSR count). The van der Waals surface area contributed by atoms with Crippen LogP contribution in [0.2, 0.25) is 0 Å². The van der Waals surface area contributed by atoms with Crippen LogP contribution < -0.4 is 5.32 Å². The molecule has 1 unspecified atom stereocenters. The van der Waals surface area contributed by atoms with Crippen molar-refractivity contribution in [2.45, 2.75) is 50.6 Å². The van der Waals surface area contributed by atoms with Crippen LogP contribution >= 0.6 is 11.3 Å². The van der Waals surface area contributed by atoms with Crippen LogP contribution in [0, 0.1) is 0 Å². The van der Waals surface area contributed by atoms with Gasteiger partial charge in [0.1, 0.15) is 0 Å². The zero-order chi connectivity index (χ0) is 13.5. The van der Waals surface area contributed by atoms with Gasteiger partial charge < -0.3 is 10.2 Å². The van der Waals surface area contributed by atoms with Crippen molar-refractivity contribution in [1.29, 1.82) is 0 Å². The lowest BCUT2D eigenvalue weighted by molar-refractivity contribution is -0.130. The number of hydrogen-bond donors (Lipinski definition) is 1. The van der Waals surface area contributed by atoms with Crippen molar-refractivity contribution in [1.82, 2.24) is 10.2 Å². The van der Waals surface area contributed by atoms with E-state index in [9.17, 15) is 4.79 Å². The summed E-state index contributed by atoms with van der Waals surface area (Å²) in [4.78, 5) is 15.8. The maximum atomic E-state index is 12.4. The first-order valence-corrected chi connectivity index (χ1v) is 8.03. The average Bonchev–Trinajstić information content (AvgIpc) is 2.88. The van der Waals surface area contributed by atoms with Gasteiger partial charge in [-0.3, -0.25) is 4.79 Å². The maximum absolute atomic E-state index is 12.4. The molecule has 4 heteroatoms. The van der Waals surface area contributed by atoms with Crippen LogP contribution in [0.5, 0.6) is 0 Å². The monoisotopic (exact) mass is 278 g/mol. The predicted octanol–water partition coefficient (Wildman–Crippen LogP) is 2.38. The highest BCUT2D eigenvalue weighted by Gasteiger charge is 2.38. The molecular weight excluding hydrogens is 256 g/mol. The van der Waals surface area contributed by atoms with E-state index >= 15 is 0 Å². The van der Waals surface area contributed by atoms with Gasteiger partial charge in [-0.1, -0.05) is 19.9 Å². The number of nitrogens with zero attached hydrogens (tertiary/aromatic N) is 1. The van der Waals surface area contributed by atoms with E-state index in [0.29, 0.717) is 11.9 Å². The number of thiophene rings is 1. The van der Waals surface area contributed by atoms with Crippen LogP contribution in [0.25, 0.3) is 0 Å². The Morgan fingerprint density at radius 2 is 2.21 bits per heavy atom. The van der Waals surface area contributed by atoms with E-state index in [1.807, 2.05) is 4.90 Å². The molecule has 1 aliphatic carbocycles. The molecule has 1 aromatic rings. The van der Waals surface area contributed by atoms with Crippen LogP contribution in [0.1, 0.15) is 38.0 Å². The highest BCUT2D eigenvalue weighted by atomic mass is 32.1. The van der Waals surface area contributed by atoms with Crippen molar-refractivity contribution in [3.05, 3.63) is 22.4 Å².